The molecule has 2 aromatic carbocycles. The van der Waals surface area contributed by atoms with E-state index in [0.717, 1.165) is 4.44 Å². The molecule has 214 valence electrons. The fourth-order valence-corrected chi connectivity index (χ4v) is 25.4. The summed E-state index contributed by atoms with van der Waals surface area (Å²) in [5.41, 5.74) is 0. The number of unbranched alkanes of at least 4 members (excludes halogenated alkanes) is 3. The third-order valence-corrected chi connectivity index (χ3v) is 28.7. The summed E-state index contributed by atoms with van der Waals surface area (Å²) in [6.45, 7) is 6.72. The molecule has 0 spiro atoms. The Hall–Kier alpha value is -1.56. The van der Waals surface area contributed by atoms with Crippen molar-refractivity contribution in [2.75, 3.05) is 0 Å². The second-order valence-electron chi connectivity index (χ2n) is 10.6. The maximum absolute atomic E-state index is 14.2. The van der Waals surface area contributed by atoms with Crippen molar-refractivity contribution in [1.29, 1.82) is 0 Å². The normalized spacial score (nSPS) is 13.0. The Morgan fingerprint density at radius 1 is 0.718 bits per heavy atom. The summed E-state index contributed by atoms with van der Waals surface area (Å²) in [6, 6.07) is 15.7. The zero-order valence-electron chi connectivity index (χ0n) is 23.9. The summed E-state index contributed by atoms with van der Waals surface area (Å²) in [5.74, 6) is 2.42. The summed E-state index contributed by atoms with van der Waals surface area (Å²) < 4.78 is 59.5. The molecule has 0 atom stereocenters. The van der Waals surface area contributed by atoms with E-state index >= 15 is 0 Å². The van der Waals surface area contributed by atoms with Crippen LogP contribution in [0.4, 0.5) is 0 Å². The van der Waals surface area contributed by atoms with Crippen molar-refractivity contribution < 1.29 is 16.8 Å². The van der Waals surface area contributed by atoms with Gasteiger partial charge in [0.15, 0.2) is 0 Å². The molecule has 0 fully saturated rings. The Kier molecular flexibility index (Phi) is 13.8. The molecule has 0 aliphatic rings. The first-order chi connectivity index (χ1) is 18.7. The molecule has 0 saturated carbocycles. The molecule has 39 heavy (non-hydrogen) atoms. The molecule has 0 N–H and O–H groups in total. The molecule has 0 radical (unpaired) electrons. The molecule has 0 aliphatic heterocycles. The Morgan fingerprint density at radius 3 is 1.49 bits per heavy atom. The third-order valence-electron chi connectivity index (χ3n) is 7.79. The quantitative estimate of drug-likeness (QED) is 0.0903. The molecule has 0 heterocycles. The van der Waals surface area contributed by atoms with Crippen molar-refractivity contribution in [3.63, 3.8) is 0 Å². The fourth-order valence-electron chi connectivity index (χ4n) is 5.34. The average Bonchev–Trinajstić information content (AvgIpc) is 2.95. The van der Waals surface area contributed by atoms with E-state index in [1.807, 2.05) is 6.08 Å². The number of allylic oxidation sites excluding steroid dienone is 2. The predicted molar refractivity (Wildman–Crippen MR) is 167 cm³/mol. The Morgan fingerprint density at radius 2 is 1.13 bits per heavy atom. The van der Waals surface area contributed by atoms with Gasteiger partial charge in [-0.05, 0) is 0 Å². The Balaban J connectivity index is 2.60. The van der Waals surface area contributed by atoms with Gasteiger partial charge in [0.1, 0.15) is 0 Å². The number of rotatable bonds is 18. The Bertz CT molecular complexity index is 1190. The molecule has 0 bridgehead atoms. The van der Waals surface area contributed by atoms with Crippen LogP contribution in [0.2, 0.25) is 17.7 Å². The van der Waals surface area contributed by atoms with E-state index in [1.165, 1.54) is 76.1 Å². The van der Waals surface area contributed by atoms with Crippen molar-refractivity contribution in [1.82, 2.24) is 0 Å². The third kappa shape index (κ3) is 8.24. The first-order valence-corrected chi connectivity index (χ1v) is 25.4. The van der Waals surface area contributed by atoms with Crippen LogP contribution in [0, 0.1) is 12.3 Å². The molecule has 0 saturated heterocycles. The van der Waals surface area contributed by atoms with E-state index in [0.29, 0.717) is 0 Å². The zero-order chi connectivity index (χ0) is 28.8. The van der Waals surface area contributed by atoms with Gasteiger partial charge >= 0.3 is 244 Å². The standard InChI is InChI=1S/C20H19O4S2.3C4H9.Sn/c1-3-5-17-20(16-4-2,25(21,22)18-12-8-6-9-13-18)26(23,24)19-14-10-7-11-15-19;3*1-3-4-2;/h2-3,5-15H,1,16-17H2;3*1,3-4H2,2H3;/b5-3-;;;;. The molecular weight excluding hydrogens is 631 g/mol. The number of hydrogen-bond acceptors (Lipinski definition) is 4. The van der Waals surface area contributed by atoms with Crippen LogP contribution in [0.5, 0.6) is 0 Å². The summed E-state index contributed by atoms with van der Waals surface area (Å²) in [6.07, 6.45) is 16.3. The SMILES string of the molecule is C#CCC(C/C=C\[CH2][Sn]([CH2]CCC)([CH2]CCC)[CH2]CCC)(S(=O)(=O)c1ccccc1)S(=O)(=O)c1ccccc1. The van der Waals surface area contributed by atoms with Gasteiger partial charge in [-0.3, -0.25) is 0 Å². The van der Waals surface area contributed by atoms with Crippen LogP contribution >= 0.6 is 0 Å². The molecule has 4 nitrogen and oxygen atoms in total. The van der Waals surface area contributed by atoms with Gasteiger partial charge in [-0.2, -0.15) is 0 Å². The van der Waals surface area contributed by atoms with Gasteiger partial charge in [0.05, 0.1) is 0 Å². The number of sulfone groups is 2. The maximum atomic E-state index is 14.2. The fraction of sp³-hybridized carbons (Fsp3) is 0.500. The second kappa shape index (κ2) is 16.0. The molecule has 2 rings (SSSR count). The van der Waals surface area contributed by atoms with Crippen LogP contribution in [0.15, 0.2) is 82.6 Å². The molecule has 0 aromatic heterocycles. The van der Waals surface area contributed by atoms with E-state index in [2.05, 4.69) is 32.8 Å². The van der Waals surface area contributed by atoms with E-state index in [4.69, 9.17) is 6.42 Å². The van der Waals surface area contributed by atoms with E-state index in [9.17, 15) is 16.8 Å². The predicted octanol–water partition coefficient (Wildman–Crippen LogP) is 8.45. The number of terminal acetylenes is 1. The van der Waals surface area contributed by atoms with E-state index in [1.54, 1.807) is 36.4 Å². The molecule has 7 heteroatoms. The van der Waals surface area contributed by atoms with Crippen LogP contribution in [-0.4, -0.2) is 39.3 Å². The van der Waals surface area contributed by atoms with Crippen LogP contribution in [0.3, 0.4) is 0 Å². The minimum absolute atomic E-state index is 0.0319. The first-order valence-electron chi connectivity index (χ1n) is 14.3. The first kappa shape index (κ1) is 33.6. The van der Waals surface area contributed by atoms with Crippen molar-refractivity contribution >= 4 is 38.1 Å². The topological polar surface area (TPSA) is 68.3 Å². The van der Waals surface area contributed by atoms with Crippen molar-refractivity contribution in [2.24, 2.45) is 0 Å². The minimum atomic E-state index is -4.35. The molecule has 0 aliphatic carbocycles. The van der Waals surface area contributed by atoms with Crippen molar-refractivity contribution in [3.8, 4) is 12.3 Å². The van der Waals surface area contributed by atoms with Gasteiger partial charge in [-0.15, -0.1) is 0 Å². The second-order valence-corrected chi connectivity index (χ2v) is 29.4. The Labute approximate surface area is 242 Å². The van der Waals surface area contributed by atoms with E-state index in [-0.39, 0.29) is 16.2 Å². The van der Waals surface area contributed by atoms with Crippen molar-refractivity contribution in [3.05, 3.63) is 72.8 Å². The number of benzene rings is 2. The monoisotopic (exact) mass is 678 g/mol. The molecular formula is C32H46O4S2Sn. The van der Waals surface area contributed by atoms with Crippen LogP contribution in [0.1, 0.15) is 72.1 Å². The summed E-state index contributed by atoms with van der Waals surface area (Å²) in [5, 5.41) is 0. The summed E-state index contributed by atoms with van der Waals surface area (Å²) in [7, 11) is -8.71. The van der Waals surface area contributed by atoms with Gasteiger partial charge in [0.2, 0.25) is 0 Å². The summed E-state index contributed by atoms with van der Waals surface area (Å²) in [4.78, 5) is -0.0639. The van der Waals surface area contributed by atoms with Crippen LogP contribution in [-0.2, 0) is 19.7 Å². The number of hydrogen-bond donors (Lipinski definition) is 0. The van der Waals surface area contributed by atoms with Gasteiger partial charge in [0.25, 0.3) is 0 Å². The van der Waals surface area contributed by atoms with Crippen LogP contribution < -0.4 is 0 Å². The van der Waals surface area contributed by atoms with Crippen molar-refractivity contribution in [2.45, 2.75) is 104 Å². The van der Waals surface area contributed by atoms with Gasteiger partial charge < -0.3 is 0 Å². The van der Waals surface area contributed by atoms with Gasteiger partial charge in [-0.25, -0.2) is 0 Å². The van der Waals surface area contributed by atoms with Gasteiger partial charge in [0, 0.05) is 0 Å². The molecule has 2 aromatic rings. The zero-order valence-corrected chi connectivity index (χ0v) is 28.4. The van der Waals surface area contributed by atoms with E-state index < -0.39 is 48.6 Å². The average molecular weight is 678 g/mol. The summed E-state index contributed by atoms with van der Waals surface area (Å²) >= 11 is -2.52. The molecule has 0 amide bonds. The van der Waals surface area contributed by atoms with Gasteiger partial charge in [-0.1, -0.05) is 0 Å². The van der Waals surface area contributed by atoms with Crippen LogP contribution in [0.25, 0.3) is 0 Å². The molecule has 0 unspecified atom stereocenters.